The second-order valence-corrected chi connectivity index (χ2v) is 6.64. The summed E-state index contributed by atoms with van der Waals surface area (Å²) < 4.78 is 2.81. The van der Waals surface area contributed by atoms with Crippen LogP contribution < -0.4 is 5.32 Å². The Hall–Kier alpha value is -1.99. The van der Waals surface area contributed by atoms with E-state index < -0.39 is 0 Å². The number of pyridine rings is 1. The summed E-state index contributed by atoms with van der Waals surface area (Å²) in [7, 11) is 0. The summed E-state index contributed by atoms with van der Waals surface area (Å²) in [6, 6.07) is 9.18. The quantitative estimate of drug-likeness (QED) is 0.754. The fraction of sp³-hybridized carbons (Fsp3) is 0.133. The molecule has 0 aliphatic rings. The van der Waals surface area contributed by atoms with E-state index in [1.165, 1.54) is 0 Å². The van der Waals surface area contributed by atoms with Crippen molar-refractivity contribution < 1.29 is 4.79 Å². The van der Waals surface area contributed by atoms with Crippen LogP contribution in [-0.4, -0.2) is 20.7 Å². The third-order valence-electron chi connectivity index (χ3n) is 3.01. The van der Waals surface area contributed by atoms with Crippen LogP contribution in [-0.2, 0) is 6.54 Å². The third kappa shape index (κ3) is 3.42. The van der Waals surface area contributed by atoms with E-state index in [1.807, 2.05) is 30.5 Å². The Morgan fingerprint density at radius 1 is 1.41 bits per heavy atom. The summed E-state index contributed by atoms with van der Waals surface area (Å²) in [6.45, 7) is 2.47. The van der Waals surface area contributed by atoms with E-state index in [9.17, 15) is 4.79 Å². The van der Waals surface area contributed by atoms with Crippen LogP contribution >= 0.6 is 27.3 Å². The summed E-state index contributed by atoms with van der Waals surface area (Å²) >= 11 is 5.08. The van der Waals surface area contributed by atoms with Gasteiger partial charge < -0.3 is 5.32 Å². The highest BCUT2D eigenvalue weighted by Gasteiger charge is 2.11. The molecule has 7 heteroatoms. The maximum atomic E-state index is 12.3. The summed E-state index contributed by atoms with van der Waals surface area (Å²) in [4.78, 5) is 17.6. The molecule has 0 fully saturated rings. The van der Waals surface area contributed by atoms with Gasteiger partial charge in [-0.15, -0.1) is 11.3 Å². The van der Waals surface area contributed by atoms with Crippen LogP contribution in [0.15, 0.2) is 46.4 Å². The van der Waals surface area contributed by atoms with Crippen molar-refractivity contribution in [3.05, 3.63) is 62.6 Å². The molecule has 22 heavy (non-hydrogen) atoms. The molecular weight excluding hydrogens is 364 g/mol. The first-order valence-electron chi connectivity index (χ1n) is 6.61. The van der Waals surface area contributed by atoms with Crippen LogP contribution in [0.3, 0.4) is 0 Å². The first-order chi connectivity index (χ1) is 10.6. The molecule has 5 nitrogen and oxygen atoms in total. The fourth-order valence-corrected chi connectivity index (χ4v) is 3.43. The zero-order valence-corrected chi connectivity index (χ0v) is 14.2. The number of hydrogen-bond donors (Lipinski definition) is 1. The van der Waals surface area contributed by atoms with Crippen molar-refractivity contribution in [2.45, 2.75) is 13.5 Å². The highest BCUT2D eigenvalue weighted by Crippen LogP contribution is 2.21. The monoisotopic (exact) mass is 376 g/mol. The van der Waals surface area contributed by atoms with Gasteiger partial charge in [0.15, 0.2) is 0 Å². The highest BCUT2D eigenvalue weighted by molar-refractivity contribution is 9.10. The van der Waals surface area contributed by atoms with E-state index in [-0.39, 0.29) is 5.91 Å². The van der Waals surface area contributed by atoms with E-state index in [0.717, 1.165) is 15.0 Å². The topological polar surface area (TPSA) is 59.8 Å². The second-order valence-electron chi connectivity index (χ2n) is 4.72. The smallest absolute Gasteiger partial charge is 0.275 e. The van der Waals surface area contributed by atoms with Gasteiger partial charge in [-0.25, -0.2) is 9.67 Å². The Morgan fingerprint density at radius 3 is 3.00 bits per heavy atom. The fourth-order valence-electron chi connectivity index (χ4n) is 2.00. The van der Waals surface area contributed by atoms with Gasteiger partial charge in [-0.05, 0) is 41.1 Å². The molecule has 3 aromatic heterocycles. The maximum Gasteiger partial charge on any atom is 0.275 e. The zero-order valence-electron chi connectivity index (χ0n) is 11.8. The minimum absolute atomic E-state index is 0.238. The summed E-state index contributed by atoms with van der Waals surface area (Å²) in [5.41, 5.74) is 1.20. The van der Waals surface area contributed by atoms with Gasteiger partial charge in [-0.1, -0.05) is 6.07 Å². The van der Waals surface area contributed by atoms with Crippen LogP contribution in [0.4, 0.5) is 5.82 Å². The number of anilines is 1. The number of carbonyl (C=O) groups is 1. The molecule has 0 aliphatic carbocycles. The van der Waals surface area contributed by atoms with Crippen molar-refractivity contribution in [1.29, 1.82) is 0 Å². The summed E-state index contributed by atoms with van der Waals surface area (Å²) in [5, 5.41) is 9.13. The lowest BCUT2D eigenvalue weighted by atomic mass is 10.3. The predicted octanol–water partition coefficient (Wildman–Crippen LogP) is 3.71. The molecule has 1 amide bonds. The van der Waals surface area contributed by atoms with Crippen LogP contribution in [0.2, 0.25) is 0 Å². The summed E-state index contributed by atoms with van der Waals surface area (Å²) in [5.74, 6) is 0.413. The number of aromatic nitrogens is 3. The average molecular weight is 377 g/mol. The molecule has 3 heterocycles. The number of nitrogens with zero attached hydrogens (tertiary/aromatic N) is 3. The van der Waals surface area contributed by atoms with E-state index in [1.54, 1.807) is 34.3 Å². The molecule has 112 valence electrons. The van der Waals surface area contributed by atoms with Gasteiger partial charge in [0.1, 0.15) is 11.5 Å². The highest BCUT2D eigenvalue weighted by atomic mass is 79.9. The van der Waals surface area contributed by atoms with Gasteiger partial charge in [0.05, 0.1) is 12.7 Å². The number of nitrogens with one attached hydrogen (secondary N) is 1. The van der Waals surface area contributed by atoms with Crippen molar-refractivity contribution >= 4 is 39.0 Å². The SMILES string of the molecule is Cc1cccc(C(=O)Nc2ccnn2Cc2cc(Br)cs2)n1. The van der Waals surface area contributed by atoms with E-state index >= 15 is 0 Å². The van der Waals surface area contributed by atoms with Crippen molar-refractivity contribution in [2.75, 3.05) is 5.32 Å². The number of rotatable bonds is 4. The van der Waals surface area contributed by atoms with Crippen molar-refractivity contribution in [3.8, 4) is 0 Å². The predicted molar refractivity (Wildman–Crippen MR) is 90.3 cm³/mol. The van der Waals surface area contributed by atoms with Gasteiger partial charge in [0.2, 0.25) is 0 Å². The zero-order chi connectivity index (χ0) is 15.5. The molecule has 0 radical (unpaired) electrons. The first-order valence-corrected chi connectivity index (χ1v) is 8.29. The van der Waals surface area contributed by atoms with E-state index in [2.05, 4.69) is 31.3 Å². The Balaban J connectivity index is 1.76. The van der Waals surface area contributed by atoms with Crippen molar-refractivity contribution in [2.24, 2.45) is 0 Å². The first kappa shape index (κ1) is 14.9. The number of hydrogen-bond acceptors (Lipinski definition) is 4. The van der Waals surface area contributed by atoms with Gasteiger partial charge in [0.25, 0.3) is 5.91 Å². The molecule has 0 atom stereocenters. The number of halogens is 1. The van der Waals surface area contributed by atoms with Crippen LogP contribution in [0, 0.1) is 6.92 Å². The third-order valence-corrected chi connectivity index (χ3v) is 4.69. The van der Waals surface area contributed by atoms with Gasteiger partial charge >= 0.3 is 0 Å². The Labute approximate surface area is 140 Å². The number of thiophene rings is 1. The van der Waals surface area contributed by atoms with Gasteiger partial charge in [-0.2, -0.15) is 5.10 Å². The van der Waals surface area contributed by atoms with Crippen LogP contribution in [0.5, 0.6) is 0 Å². The molecule has 1 N–H and O–H groups in total. The molecule has 0 saturated carbocycles. The van der Waals surface area contributed by atoms with Gasteiger partial charge in [0, 0.05) is 26.5 Å². The Morgan fingerprint density at radius 2 is 2.27 bits per heavy atom. The lowest BCUT2D eigenvalue weighted by molar-refractivity contribution is 0.102. The largest absolute Gasteiger partial charge is 0.305 e. The average Bonchev–Trinajstić information content (AvgIpc) is 3.09. The molecule has 3 rings (SSSR count). The van der Waals surface area contributed by atoms with Gasteiger partial charge in [-0.3, -0.25) is 4.79 Å². The number of aryl methyl sites for hydroxylation is 1. The molecule has 0 saturated heterocycles. The second kappa shape index (κ2) is 6.41. The van der Waals surface area contributed by atoms with Crippen molar-refractivity contribution in [3.63, 3.8) is 0 Å². The normalized spacial score (nSPS) is 10.6. The lowest BCUT2D eigenvalue weighted by Crippen LogP contribution is -2.17. The number of amides is 1. The minimum atomic E-state index is -0.238. The number of carbonyl (C=O) groups excluding carboxylic acids is 1. The molecule has 0 spiro atoms. The maximum absolute atomic E-state index is 12.3. The van der Waals surface area contributed by atoms with Crippen LogP contribution in [0.1, 0.15) is 21.1 Å². The lowest BCUT2D eigenvalue weighted by Gasteiger charge is -2.08. The van der Waals surface area contributed by atoms with E-state index in [0.29, 0.717) is 18.1 Å². The molecule has 0 aliphatic heterocycles. The summed E-state index contributed by atoms with van der Waals surface area (Å²) in [6.07, 6.45) is 1.67. The molecular formula is C15H13BrN4OS. The molecule has 0 aromatic carbocycles. The Kier molecular flexibility index (Phi) is 4.35. The van der Waals surface area contributed by atoms with E-state index in [4.69, 9.17) is 0 Å². The molecule has 0 unspecified atom stereocenters. The molecule has 3 aromatic rings. The van der Waals surface area contributed by atoms with Crippen molar-refractivity contribution in [1.82, 2.24) is 14.8 Å². The van der Waals surface area contributed by atoms with Crippen LogP contribution in [0.25, 0.3) is 0 Å². The Bertz CT molecular complexity index is 811. The molecule has 0 bridgehead atoms. The standard InChI is InChI=1S/C15H13BrN4OS/c1-10-3-2-4-13(18-10)15(21)19-14-5-6-17-20(14)8-12-7-11(16)9-22-12/h2-7,9H,8H2,1H3,(H,19,21). The minimum Gasteiger partial charge on any atom is -0.305 e.